The number of nitrogens with one attached hydrogen (secondary N) is 1. The van der Waals surface area contributed by atoms with Crippen LogP contribution in [0.15, 0.2) is 24.7 Å². The van der Waals surface area contributed by atoms with Crippen molar-refractivity contribution in [2.24, 2.45) is 5.92 Å². The molecule has 0 aromatic carbocycles. The molecule has 1 aliphatic rings. The number of nitrogens with zero attached hydrogens (tertiary/aromatic N) is 1. The standard InChI is InChI=1S/C10H14N2.C4H6.CH4.4H2O/c1-2-4-9(5-3-1)6-10-7-11-8-12-10;1-3-4-2;;;;;/h1-2,7-9H,3-6H2,(H,11,12);1-2H3;1H4;4*1H2. The lowest BCUT2D eigenvalue weighted by molar-refractivity contribution is 0.473. The molecule has 0 spiro atoms. The molecule has 1 atom stereocenters. The summed E-state index contributed by atoms with van der Waals surface area (Å²) in [5.74, 6) is 6.19. The summed E-state index contributed by atoms with van der Waals surface area (Å²) in [7, 11) is 0. The van der Waals surface area contributed by atoms with Crippen molar-refractivity contribution in [1.29, 1.82) is 0 Å². The Labute approximate surface area is 127 Å². The first-order chi connectivity index (χ1) is 7.86. The van der Waals surface area contributed by atoms with Crippen molar-refractivity contribution >= 4 is 0 Å². The largest absolute Gasteiger partial charge is 0.412 e. The lowest BCUT2D eigenvalue weighted by atomic mass is 9.90. The predicted octanol–water partition coefficient (Wildman–Crippen LogP) is 0.675. The number of hydrogen-bond donors (Lipinski definition) is 1. The van der Waals surface area contributed by atoms with Gasteiger partial charge in [-0.05, 0) is 45.4 Å². The van der Waals surface area contributed by atoms with Gasteiger partial charge in [-0.1, -0.05) is 19.6 Å². The van der Waals surface area contributed by atoms with Gasteiger partial charge in [-0.25, -0.2) is 4.98 Å². The molecule has 0 amide bonds. The van der Waals surface area contributed by atoms with Gasteiger partial charge in [-0.2, -0.15) is 0 Å². The molecule has 0 fully saturated rings. The molecule has 9 N–H and O–H groups in total. The van der Waals surface area contributed by atoms with E-state index in [2.05, 4.69) is 34.0 Å². The van der Waals surface area contributed by atoms with Crippen molar-refractivity contribution in [2.45, 2.75) is 47.0 Å². The third kappa shape index (κ3) is 14.6. The topological polar surface area (TPSA) is 155 Å². The molecule has 1 aromatic rings. The smallest absolute Gasteiger partial charge is 0.0921 e. The highest BCUT2D eigenvalue weighted by Gasteiger charge is 2.10. The summed E-state index contributed by atoms with van der Waals surface area (Å²) in [5.41, 5.74) is 1.27. The molecule has 1 aliphatic carbocycles. The second kappa shape index (κ2) is 20.7. The van der Waals surface area contributed by atoms with E-state index in [0.29, 0.717) is 0 Å². The van der Waals surface area contributed by atoms with Gasteiger partial charge in [0.2, 0.25) is 0 Å². The van der Waals surface area contributed by atoms with Gasteiger partial charge in [0.25, 0.3) is 0 Å². The Bertz CT molecular complexity index is 361. The number of allylic oxidation sites excluding steroid dienone is 2. The molecule has 1 unspecified atom stereocenters. The van der Waals surface area contributed by atoms with Crippen LogP contribution in [-0.2, 0) is 6.42 Å². The summed E-state index contributed by atoms with van der Waals surface area (Å²) in [6.45, 7) is 3.64. The van der Waals surface area contributed by atoms with E-state index in [1.54, 1.807) is 6.33 Å². The fraction of sp³-hybridized carbons (Fsp3) is 0.533. The first kappa shape index (κ1) is 31.6. The van der Waals surface area contributed by atoms with Gasteiger partial charge in [0.05, 0.1) is 6.33 Å². The van der Waals surface area contributed by atoms with E-state index >= 15 is 0 Å². The summed E-state index contributed by atoms with van der Waals surface area (Å²) < 4.78 is 0. The monoisotopic (exact) mass is 304 g/mol. The van der Waals surface area contributed by atoms with Crippen LogP contribution in [0.4, 0.5) is 0 Å². The Balaban J connectivity index is -0.0000000864. The van der Waals surface area contributed by atoms with E-state index in [9.17, 15) is 0 Å². The summed E-state index contributed by atoms with van der Waals surface area (Å²) in [4.78, 5) is 7.16. The summed E-state index contributed by atoms with van der Waals surface area (Å²) in [6, 6.07) is 0. The van der Waals surface area contributed by atoms with E-state index in [-0.39, 0.29) is 29.3 Å². The van der Waals surface area contributed by atoms with E-state index in [4.69, 9.17) is 0 Å². The van der Waals surface area contributed by atoms with E-state index < -0.39 is 0 Å². The normalized spacial score (nSPS) is 13.7. The molecule has 6 nitrogen and oxygen atoms in total. The van der Waals surface area contributed by atoms with Crippen LogP contribution in [0.1, 0.15) is 46.2 Å². The highest BCUT2D eigenvalue weighted by Crippen LogP contribution is 2.21. The van der Waals surface area contributed by atoms with Crippen LogP contribution in [0.5, 0.6) is 0 Å². The molecule has 2 rings (SSSR count). The lowest BCUT2D eigenvalue weighted by Gasteiger charge is -2.15. The van der Waals surface area contributed by atoms with Crippen molar-refractivity contribution < 1.29 is 21.9 Å². The molecule has 21 heavy (non-hydrogen) atoms. The molecule has 0 radical (unpaired) electrons. The zero-order valence-corrected chi connectivity index (χ0v) is 12.2. The van der Waals surface area contributed by atoms with Crippen molar-refractivity contribution in [3.05, 3.63) is 30.4 Å². The first-order valence-electron chi connectivity index (χ1n) is 5.82. The Morgan fingerprint density at radius 3 is 2.14 bits per heavy atom. The number of aromatic nitrogens is 2. The number of hydrogen-bond acceptors (Lipinski definition) is 1. The summed E-state index contributed by atoms with van der Waals surface area (Å²) in [5, 5.41) is 0. The van der Waals surface area contributed by atoms with Crippen molar-refractivity contribution in [3.63, 3.8) is 0 Å². The van der Waals surface area contributed by atoms with Gasteiger partial charge in [0.15, 0.2) is 0 Å². The van der Waals surface area contributed by atoms with Gasteiger partial charge < -0.3 is 26.9 Å². The molecular weight excluding hydrogens is 272 g/mol. The van der Waals surface area contributed by atoms with Crippen LogP contribution >= 0.6 is 0 Å². The zero-order chi connectivity index (χ0) is 11.6. The maximum Gasteiger partial charge on any atom is 0.0921 e. The quantitative estimate of drug-likeness (QED) is 0.619. The minimum Gasteiger partial charge on any atom is -0.412 e. The molecule has 1 aromatic heterocycles. The maximum atomic E-state index is 4.01. The van der Waals surface area contributed by atoms with Crippen molar-refractivity contribution in [1.82, 2.24) is 9.97 Å². The van der Waals surface area contributed by atoms with Gasteiger partial charge in [-0.3, -0.25) is 0 Å². The van der Waals surface area contributed by atoms with Gasteiger partial charge in [0, 0.05) is 11.9 Å². The van der Waals surface area contributed by atoms with E-state index in [1.807, 2.05) is 20.0 Å². The fourth-order valence-electron chi connectivity index (χ4n) is 1.75. The molecule has 1 heterocycles. The average molecular weight is 304 g/mol. The van der Waals surface area contributed by atoms with Gasteiger partial charge in [0.1, 0.15) is 0 Å². The SMILES string of the molecule is C.C1=CCC(Cc2cnc[nH]2)CC1.CC#CC.O.O.O.O. The minimum atomic E-state index is 0. The number of aromatic amines is 1. The molecule has 0 saturated heterocycles. The molecule has 0 aliphatic heterocycles. The highest BCUT2D eigenvalue weighted by molar-refractivity contribution is 4.99. The Morgan fingerprint density at radius 2 is 1.76 bits per heavy atom. The van der Waals surface area contributed by atoms with Crippen LogP contribution in [0.2, 0.25) is 0 Å². The third-order valence-electron chi connectivity index (χ3n) is 2.69. The Morgan fingerprint density at radius 1 is 1.14 bits per heavy atom. The molecule has 6 heteroatoms. The molecule has 0 bridgehead atoms. The van der Waals surface area contributed by atoms with Crippen LogP contribution in [0, 0.1) is 17.8 Å². The molecule has 126 valence electrons. The highest BCUT2D eigenvalue weighted by atomic mass is 16.0. The summed E-state index contributed by atoms with van der Waals surface area (Å²) in [6.07, 6.45) is 13.2. The number of rotatable bonds is 2. The van der Waals surface area contributed by atoms with Crippen LogP contribution in [0.25, 0.3) is 0 Å². The molecular formula is C15H32N2O4. The molecule has 0 saturated carbocycles. The number of H-pyrrole nitrogens is 1. The van der Waals surface area contributed by atoms with Crippen molar-refractivity contribution in [2.75, 3.05) is 0 Å². The third-order valence-corrected chi connectivity index (χ3v) is 2.69. The average Bonchev–Trinajstić information content (AvgIpc) is 2.84. The first-order valence-corrected chi connectivity index (χ1v) is 5.82. The fourth-order valence-corrected chi connectivity index (χ4v) is 1.75. The minimum absolute atomic E-state index is 0. The second-order valence-electron chi connectivity index (χ2n) is 3.93. The summed E-state index contributed by atoms with van der Waals surface area (Å²) >= 11 is 0. The van der Waals surface area contributed by atoms with Crippen LogP contribution < -0.4 is 0 Å². The van der Waals surface area contributed by atoms with Crippen molar-refractivity contribution in [3.8, 4) is 11.8 Å². The zero-order valence-electron chi connectivity index (χ0n) is 12.2. The Kier molecular flexibility index (Phi) is 31.1. The van der Waals surface area contributed by atoms with Gasteiger partial charge >= 0.3 is 0 Å². The second-order valence-corrected chi connectivity index (χ2v) is 3.93. The van der Waals surface area contributed by atoms with Gasteiger partial charge in [-0.15, -0.1) is 11.8 Å². The van der Waals surface area contributed by atoms with E-state index in [0.717, 1.165) is 12.3 Å². The number of imidazole rings is 1. The van der Waals surface area contributed by atoms with Crippen LogP contribution in [-0.4, -0.2) is 31.9 Å². The van der Waals surface area contributed by atoms with E-state index in [1.165, 1.54) is 25.0 Å². The Hall–Kier alpha value is -1.65. The van der Waals surface area contributed by atoms with Crippen LogP contribution in [0.3, 0.4) is 0 Å². The lowest BCUT2D eigenvalue weighted by Crippen LogP contribution is -2.06. The maximum absolute atomic E-state index is 4.01. The predicted molar refractivity (Wildman–Crippen MR) is 89.1 cm³/mol.